The predicted molar refractivity (Wildman–Crippen MR) is 115 cm³/mol. The van der Waals surface area contributed by atoms with Crippen LogP contribution in [0.2, 0.25) is 0 Å². The van der Waals surface area contributed by atoms with Crippen LogP contribution in [0.4, 0.5) is 18.9 Å². The van der Waals surface area contributed by atoms with E-state index in [-0.39, 0.29) is 40.7 Å². The molecule has 0 bridgehead atoms. The minimum atomic E-state index is -3.73. The summed E-state index contributed by atoms with van der Waals surface area (Å²) >= 11 is 1.14. The summed E-state index contributed by atoms with van der Waals surface area (Å²) in [5.74, 6) is -0.428. The largest absolute Gasteiger partial charge is 0.586 e. The molecule has 1 atom stereocenters. The number of rotatable bonds is 7. The van der Waals surface area contributed by atoms with Crippen molar-refractivity contribution < 1.29 is 27.4 Å². The fourth-order valence-electron chi connectivity index (χ4n) is 3.06. The molecule has 33 heavy (non-hydrogen) atoms. The number of hydrogen-bond acceptors (Lipinski definition) is 7. The van der Waals surface area contributed by atoms with E-state index in [2.05, 4.69) is 25.0 Å². The smallest absolute Gasteiger partial charge is 0.395 e. The van der Waals surface area contributed by atoms with Gasteiger partial charge in [0.2, 0.25) is 5.91 Å². The Balaban J connectivity index is 1.49. The number of aromatic nitrogens is 3. The molecule has 1 aromatic heterocycles. The van der Waals surface area contributed by atoms with Gasteiger partial charge in [-0.05, 0) is 57.4 Å². The van der Waals surface area contributed by atoms with Crippen LogP contribution in [0.1, 0.15) is 18.8 Å². The van der Waals surface area contributed by atoms with Crippen molar-refractivity contribution in [3.05, 3.63) is 54.1 Å². The second-order valence-electron chi connectivity index (χ2n) is 7.46. The average Bonchev–Trinajstić information content (AvgIpc) is 3.31. The minimum Gasteiger partial charge on any atom is -0.395 e. The Labute approximate surface area is 191 Å². The molecule has 12 heteroatoms. The molecule has 1 N–H and O–H groups in total. The van der Waals surface area contributed by atoms with Crippen molar-refractivity contribution in [3.63, 3.8) is 0 Å². The number of alkyl halides is 2. The predicted octanol–water partition coefficient (Wildman–Crippen LogP) is 4.08. The molecule has 2 aromatic carbocycles. The second-order valence-corrected chi connectivity index (χ2v) is 8.40. The number of anilines is 1. The van der Waals surface area contributed by atoms with Crippen LogP contribution in [0.25, 0.3) is 5.69 Å². The third-order valence-corrected chi connectivity index (χ3v) is 5.84. The SMILES string of the molecule is C[C@H](c1nnc(SCC(=O)Nc2ccc3c(c2)OC(F)(F)O3)n1-c1ccc(F)cc1)N(C)C. The molecule has 2 heterocycles. The number of nitrogens with zero attached hydrogens (tertiary/aromatic N) is 4. The van der Waals surface area contributed by atoms with Gasteiger partial charge in [0.05, 0.1) is 11.8 Å². The molecule has 1 aliphatic heterocycles. The molecule has 1 amide bonds. The number of amides is 1. The quantitative estimate of drug-likeness (QED) is 0.512. The highest BCUT2D eigenvalue weighted by atomic mass is 32.2. The molecule has 0 fully saturated rings. The van der Waals surface area contributed by atoms with Crippen molar-refractivity contribution in [2.24, 2.45) is 0 Å². The first kappa shape index (κ1) is 22.9. The van der Waals surface area contributed by atoms with Crippen LogP contribution in [-0.4, -0.2) is 51.7 Å². The lowest BCUT2D eigenvalue weighted by atomic mass is 10.2. The van der Waals surface area contributed by atoms with Gasteiger partial charge in [0.25, 0.3) is 0 Å². The highest BCUT2D eigenvalue weighted by Gasteiger charge is 2.43. The van der Waals surface area contributed by atoms with Crippen molar-refractivity contribution >= 4 is 23.4 Å². The van der Waals surface area contributed by atoms with Crippen molar-refractivity contribution in [1.82, 2.24) is 19.7 Å². The van der Waals surface area contributed by atoms with Crippen LogP contribution in [-0.2, 0) is 4.79 Å². The van der Waals surface area contributed by atoms with Gasteiger partial charge in [-0.3, -0.25) is 14.3 Å². The molecular formula is C21H20F3N5O3S. The summed E-state index contributed by atoms with van der Waals surface area (Å²) in [7, 11) is 3.80. The Kier molecular flexibility index (Phi) is 6.21. The van der Waals surface area contributed by atoms with E-state index in [1.807, 2.05) is 25.9 Å². The minimum absolute atomic E-state index is 0.0275. The van der Waals surface area contributed by atoms with Gasteiger partial charge in [-0.15, -0.1) is 19.0 Å². The van der Waals surface area contributed by atoms with E-state index in [0.717, 1.165) is 11.8 Å². The van der Waals surface area contributed by atoms with Gasteiger partial charge in [-0.1, -0.05) is 11.8 Å². The Bertz CT molecular complexity index is 1170. The van der Waals surface area contributed by atoms with Gasteiger partial charge in [0, 0.05) is 17.4 Å². The number of hydrogen-bond donors (Lipinski definition) is 1. The number of carbonyl (C=O) groups is 1. The van der Waals surface area contributed by atoms with Crippen molar-refractivity contribution in [3.8, 4) is 17.2 Å². The van der Waals surface area contributed by atoms with Crippen LogP contribution in [0.5, 0.6) is 11.5 Å². The topological polar surface area (TPSA) is 81.5 Å². The van der Waals surface area contributed by atoms with E-state index in [1.165, 1.54) is 30.3 Å². The number of fused-ring (bicyclic) bond motifs is 1. The van der Waals surface area contributed by atoms with E-state index < -0.39 is 6.29 Å². The molecule has 0 spiro atoms. The maximum Gasteiger partial charge on any atom is 0.586 e. The second kappa shape index (κ2) is 8.94. The molecule has 0 saturated heterocycles. The number of ether oxygens (including phenoxy) is 2. The fraction of sp³-hybridized carbons (Fsp3) is 0.286. The summed E-state index contributed by atoms with van der Waals surface area (Å²) in [5.41, 5.74) is 0.937. The van der Waals surface area contributed by atoms with Gasteiger partial charge in [-0.2, -0.15) is 0 Å². The van der Waals surface area contributed by atoms with Gasteiger partial charge in [0.15, 0.2) is 22.5 Å². The molecular weight excluding hydrogens is 459 g/mol. The molecule has 3 aromatic rings. The maximum absolute atomic E-state index is 13.4. The number of nitrogens with one attached hydrogen (secondary N) is 1. The standard InChI is InChI=1S/C21H20F3N5O3S/c1-12(28(2)3)19-26-27-20(29(19)15-7-4-13(22)5-8-15)33-11-18(30)25-14-6-9-16-17(10-14)32-21(23,24)31-16/h4-10,12H,11H2,1-3H3,(H,25,30)/t12-/m1/s1. The van der Waals surface area contributed by atoms with Gasteiger partial charge < -0.3 is 14.8 Å². The summed E-state index contributed by atoms with van der Waals surface area (Å²) in [6.07, 6.45) is -3.73. The van der Waals surface area contributed by atoms with Crippen LogP contribution in [0, 0.1) is 5.82 Å². The summed E-state index contributed by atoms with van der Waals surface area (Å²) in [6, 6.07) is 9.78. The summed E-state index contributed by atoms with van der Waals surface area (Å²) in [5, 5.41) is 11.6. The number of halogens is 3. The fourth-order valence-corrected chi connectivity index (χ4v) is 3.82. The van der Waals surface area contributed by atoms with E-state index in [9.17, 15) is 18.0 Å². The number of thioether (sulfide) groups is 1. The highest BCUT2D eigenvalue weighted by Crippen LogP contribution is 2.42. The molecule has 0 aliphatic carbocycles. The lowest BCUT2D eigenvalue weighted by Crippen LogP contribution is -2.25. The number of benzene rings is 2. The van der Waals surface area contributed by atoms with E-state index in [1.54, 1.807) is 16.7 Å². The summed E-state index contributed by atoms with van der Waals surface area (Å²) in [6.45, 7) is 1.95. The highest BCUT2D eigenvalue weighted by molar-refractivity contribution is 7.99. The lowest BCUT2D eigenvalue weighted by molar-refractivity contribution is -0.286. The Morgan fingerprint density at radius 3 is 2.55 bits per heavy atom. The van der Waals surface area contributed by atoms with E-state index in [4.69, 9.17) is 0 Å². The zero-order valence-corrected chi connectivity index (χ0v) is 18.7. The van der Waals surface area contributed by atoms with Crippen molar-refractivity contribution in [1.29, 1.82) is 0 Å². The van der Waals surface area contributed by atoms with Crippen LogP contribution in [0.15, 0.2) is 47.6 Å². The van der Waals surface area contributed by atoms with Crippen molar-refractivity contribution in [2.45, 2.75) is 24.4 Å². The van der Waals surface area contributed by atoms with Gasteiger partial charge >= 0.3 is 6.29 Å². The first-order valence-corrected chi connectivity index (χ1v) is 10.8. The third-order valence-electron chi connectivity index (χ3n) is 4.91. The van der Waals surface area contributed by atoms with Crippen LogP contribution >= 0.6 is 11.8 Å². The first-order chi connectivity index (χ1) is 15.6. The molecule has 0 radical (unpaired) electrons. The normalized spacial score (nSPS) is 15.0. The Morgan fingerprint density at radius 1 is 1.15 bits per heavy atom. The first-order valence-electron chi connectivity index (χ1n) is 9.83. The van der Waals surface area contributed by atoms with Gasteiger partial charge in [-0.25, -0.2) is 4.39 Å². The van der Waals surface area contributed by atoms with E-state index in [0.29, 0.717) is 16.7 Å². The van der Waals surface area contributed by atoms with Crippen LogP contribution < -0.4 is 14.8 Å². The lowest BCUT2D eigenvalue weighted by Gasteiger charge is -2.20. The molecule has 1 aliphatic rings. The molecule has 4 rings (SSSR count). The van der Waals surface area contributed by atoms with Crippen LogP contribution in [0.3, 0.4) is 0 Å². The zero-order valence-electron chi connectivity index (χ0n) is 17.9. The molecule has 174 valence electrons. The summed E-state index contributed by atoms with van der Waals surface area (Å²) < 4.78 is 50.3. The van der Waals surface area contributed by atoms with Crippen molar-refractivity contribution in [2.75, 3.05) is 25.2 Å². The molecule has 0 unspecified atom stereocenters. The average molecular weight is 479 g/mol. The Hall–Kier alpha value is -3.25. The zero-order chi connectivity index (χ0) is 23.8. The summed E-state index contributed by atoms with van der Waals surface area (Å²) in [4.78, 5) is 14.4. The monoisotopic (exact) mass is 479 g/mol. The third kappa shape index (κ3) is 5.06. The van der Waals surface area contributed by atoms with Gasteiger partial charge in [0.1, 0.15) is 5.82 Å². The van der Waals surface area contributed by atoms with E-state index >= 15 is 0 Å². The number of carbonyl (C=O) groups excluding carboxylic acids is 1. The molecule has 0 saturated carbocycles. The Morgan fingerprint density at radius 2 is 1.85 bits per heavy atom. The molecule has 8 nitrogen and oxygen atoms in total. The maximum atomic E-state index is 13.4.